The molecule has 0 aliphatic carbocycles. The van der Waals surface area contributed by atoms with Crippen LogP contribution < -0.4 is 5.56 Å². The number of nitrogens with one attached hydrogen (secondary N) is 1. The van der Waals surface area contributed by atoms with E-state index in [-0.39, 0.29) is 11.6 Å². The third-order valence-electron chi connectivity index (χ3n) is 6.66. The van der Waals surface area contributed by atoms with Gasteiger partial charge in [0, 0.05) is 17.6 Å². The molecule has 1 saturated heterocycles. The van der Waals surface area contributed by atoms with Crippen molar-refractivity contribution in [3.8, 4) is 0 Å². The van der Waals surface area contributed by atoms with Crippen LogP contribution in [0.5, 0.6) is 0 Å². The van der Waals surface area contributed by atoms with Gasteiger partial charge >= 0.3 is 0 Å². The minimum absolute atomic E-state index is 0.0695. The Balaban J connectivity index is 1.56. The van der Waals surface area contributed by atoms with Crippen LogP contribution >= 0.6 is 0 Å². The zero-order chi connectivity index (χ0) is 22.6. The number of hydrogen-bond donors (Lipinski definition) is 1. The van der Waals surface area contributed by atoms with Crippen LogP contribution in [0.25, 0.3) is 10.9 Å². The Morgan fingerprint density at radius 3 is 2.61 bits per heavy atom. The molecule has 1 atom stereocenters. The first-order valence-electron chi connectivity index (χ1n) is 11.9. The van der Waals surface area contributed by atoms with E-state index in [1.165, 1.54) is 17.5 Å². The summed E-state index contributed by atoms with van der Waals surface area (Å²) in [6.45, 7) is 4.68. The van der Waals surface area contributed by atoms with Crippen molar-refractivity contribution in [3.63, 3.8) is 0 Å². The van der Waals surface area contributed by atoms with E-state index in [2.05, 4.69) is 56.6 Å². The number of piperidine rings is 1. The molecule has 1 N–H and O–H groups in total. The summed E-state index contributed by atoms with van der Waals surface area (Å²) in [5.74, 6) is 0.740. The second-order valence-corrected chi connectivity index (χ2v) is 8.82. The van der Waals surface area contributed by atoms with Gasteiger partial charge < -0.3 is 4.98 Å². The fraction of sp³-hybridized carbons (Fsp3) is 0.385. The van der Waals surface area contributed by atoms with Crippen molar-refractivity contribution < 1.29 is 0 Å². The number of nitrogens with zero attached hydrogens (tertiary/aromatic N) is 5. The maximum Gasteiger partial charge on any atom is 0.253 e. The molecule has 3 heterocycles. The molecule has 0 amide bonds. The van der Waals surface area contributed by atoms with Gasteiger partial charge in [0.05, 0.1) is 0 Å². The van der Waals surface area contributed by atoms with E-state index in [0.717, 1.165) is 55.5 Å². The summed E-state index contributed by atoms with van der Waals surface area (Å²) in [5.41, 5.74) is 4.00. The van der Waals surface area contributed by atoms with Crippen molar-refractivity contribution >= 4 is 10.9 Å². The van der Waals surface area contributed by atoms with Crippen molar-refractivity contribution in [2.75, 3.05) is 13.1 Å². The molecule has 1 fully saturated rings. The lowest BCUT2D eigenvalue weighted by Crippen LogP contribution is -2.38. The number of hydrogen-bond acceptors (Lipinski definition) is 5. The van der Waals surface area contributed by atoms with Crippen molar-refractivity contribution in [2.24, 2.45) is 0 Å². The van der Waals surface area contributed by atoms with Crippen molar-refractivity contribution in [1.29, 1.82) is 0 Å². The normalized spacial score (nSPS) is 15.7. The first-order chi connectivity index (χ1) is 16.2. The molecule has 1 aliphatic rings. The zero-order valence-corrected chi connectivity index (χ0v) is 19.1. The number of likely N-dealkylation sites (tertiary alicyclic amines) is 1. The molecule has 170 valence electrons. The lowest BCUT2D eigenvalue weighted by Gasteiger charge is -2.33. The van der Waals surface area contributed by atoms with Gasteiger partial charge in [-0.3, -0.25) is 9.69 Å². The summed E-state index contributed by atoms with van der Waals surface area (Å²) < 4.78 is 1.87. The van der Waals surface area contributed by atoms with Gasteiger partial charge in [0.1, 0.15) is 6.04 Å². The third kappa shape index (κ3) is 4.59. The molecule has 1 aliphatic heterocycles. The standard InChI is InChI=1S/C26H30N6O/c1-2-19-11-12-23-21(17-19)18-22(26(33)27-23)24(31-14-7-4-8-15-31)25-28-29-30-32(25)16-13-20-9-5-3-6-10-20/h3,5-6,9-12,17-18,24H,2,4,7-8,13-16H2,1H3,(H,27,33). The van der Waals surface area contributed by atoms with Crippen molar-refractivity contribution in [1.82, 2.24) is 30.1 Å². The van der Waals surface area contributed by atoms with Crippen molar-refractivity contribution in [3.05, 3.63) is 87.5 Å². The minimum atomic E-state index is -0.269. The number of rotatable bonds is 7. The number of aromatic amines is 1. The van der Waals surface area contributed by atoms with Crippen LogP contribution in [0, 0.1) is 0 Å². The highest BCUT2D eigenvalue weighted by Gasteiger charge is 2.31. The summed E-state index contributed by atoms with van der Waals surface area (Å²) in [6.07, 6.45) is 5.24. The molecule has 0 radical (unpaired) electrons. The van der Waals surface area contributed by atoms with Gasteiger partial charge in [0.15, 0.2) is 5.82 Å². The summed E-state index contributed by atoms with van der Waals surface area (Å²) in [6, 6.07) is 18.4. The molecule has 4 aromatic rings. The van der Waals surface area contributed by atoms with Gasteiger partial charge in [-0.05, 0) is 83.9 Å². The highest BCUT2D eigenvalue weighted by Crippen LogP contribution is 2.29. The topological polar surface area (TPSA) is 79.7 Å². The largest absolute Gasteiger partial charge is 0.322 e. The number of benzene rings is 2. The van der Waals surface area contributed by atoms with Gasteiger partial charge in [-0.1, -0.05) is 49.7 Å². The molecule has 2 aromatic carbocycles. The molecular weight excluding hydrogens is 412 g/mol. The van der Waals surface area contributed by atoms with E-state index in [9.17, 15) is 4.79 Å². The van der Waals surface area contributed by atoms with Gasteiger partial charge in [0.25, 0.3) is 5.56 Å². The SMILES string of the molecule is CCc1ccc2[nH]c(=O)c(C(c3nnnn3CCc3ccccc3)N3CCCCC3)cc2c1. The summed E-state index contributed by atoms with van der Waals surface area (Å²) in [4.78, 5) is 18.8. The highest BCUT2D eigenvalue weighted by atomic mass is 16.1. The Kier molecular flexibility index (Phi) is 6.30. The van der Waals surface area contributed by atoms with E-state index in [4.69, 9.17) is 0 Å². The van der Waals surface area contributed by atoms with Crippen molar-refractivity contribution in [2.45, 2.75) is 51.6 Å². The average molecular weight is 443 g/mol. The van der Waals surface area contributed by atoms with E-state index >= 15 is 0 Å². The van der Waals surface area contributed by atoms with E-state index in [1.54, 1.807) is 0 Å². The molecule has 5 rings (SSSR count). The molecule has 33 heavy (non-hydrogen) atoms. The molecule has 0 saturated carbocycles. The van der Waals surface area contributed by atoms with Gasteiger partial charge in [-0.2, -0.15) is 0 Å². The number of tetrazole rings is 1. The third-order valence-corrected chi connectivity index (χ3v) is 6.66. The van der Waals surface area contributed by atoms with Gasteiger partial charge in [-0.25, -0.2) is 4.68 Å². The van der Waals surface area contributed by atoms with Crippen LogP contribution in [0.3, 0.4) is 0 Å². The molecule has 7 heteroatoms. The Labute approximate surface area is 193 Å². The van der Waals surface area contributed by atoms with Crippen LogP contribution in [0.4, 0.5) is 0 Å². The molecular formula is C26H30N6O. The number of aryl methyl sites for hydroxylation is 3. The Hall–Kier alpha value is -3.32. The molecule has 1 unspecified atom stereocenters. The van der Waals surface area contributed by atoms with Crippen LogP contribution in [0.2, 0.25) is 0 Å². The monoisotopic (exact) mass is 442 g/mol. The number of H-pyrrole nitrogens is 1. The lowest BCUT2D eigenvalue weighted by molar-refractivity contribution is 0.176. The molecule has 0 bridgehead atoms. The Morgan fingerprint density at radius 2 is 1.82 bits per heavy atom. The number of fused-ring (bicyclic) bond motifs is 1. The molecule has 7 nitrogen and oxygen atoms in total. The van der Waals surface area contributed by atoms with E-state index < -0.39 is 0 Å². The van der Waals surface area contributed by atoms with Gasteiger partial charge in [0.2, 0.25) is 0 Å². The predicted octanol–water partition coefficient (Wildman–Crippen LogP) is 3.90. The fourth-order valence-electron chi connectivity index (χ4n) is 4.82. The van der Waals surface area contributed by atoms with Crippen LogP contribution in [-0.2, 0) is 19.4 Å². The predicted molar refractivity (Wildman–Crippen MR) is 129 cm³/mol. The van der Waals surface area contributed by atoms with E-state index in [1.807, 2.05) is 35.0 Å². The number of pyridine rings is 1. The quantitative estimate of drug-likeness (QED) is 0.470. The van der Waals surface area contributed by atoms with Crippen LogP contribution in [0.1, 0.15) is 54.7 Å². The molecule has 0 spiro atoms. The Morgan fingerprint density at radius 1 is 1.00 bits per heavy atom. The summed E-state index contributed by atoms with van der Waals surface area (Å²) >= 11 is 0. The van der Waals surface area contributed by atoms with Gasteiger partial charge in [-0.15, -0.1) is 5.10 Å². The first-order valence-corrected chi connectivity index (χ1v) is 11.9. The Bertz CT molecular complexity index is 1270. The van der Waals surface area contributed by atoms with Crippen LogP contribution in [0.15, 0.2) is 59.4 Å². The first kappa shape index (κ1) is 21.5. The average Bonchev–Trinajstić information content (AvgIpc) is 3.32. The minimum Gasteiger partial charge on any atom is -0.322 e. The summed E-state index contributed by atoms with van der Waals surface area (Å²) in [5, 5.41) is 13.8. The summed E-state index contributed by atoms with van der Waals surface area (Å²) in [7, 11) is 0. The maximum atomic E-state index is 13.3. The smallest absolute Gasteiger partial charge is 0.253 e. The second-order valence-electron chi connectivity index (χ2n) is 8.82. The molecule has 2 aromatic heterocycles. The highest BCUT2D eigenvalue weighted by molar-refractivity contribution is 5.80. The lowest BCUT2D eigenvalue weighted by atomic mass is 9.99. The fourth-order valence-corrected chi connectivity index (χ4v) is 4.82. The zero-order valence-electron chi connectivity index (χ0n) is 19.1. The maximum absolute atomic E-state index is 13.3. The second kappa shape index (κ2) is 9.67. The van der Waals surface area contributed by atoms with Crippen LogP contribution in [-0.4, -0.2) is 43.2 Å². The number of aromatic nitrogens is 5. The van der Waals surface area contributed by atoms with E-state index in [0.29, 0.717) is 12.1 Å².